The molecule has 0 unspecified atom stereocenters. The minimum absolute atomic E-state index is 0.237. The van der Waals surface area contributed by atoms with E-state index in [0.29, 0.717) is 17.5 Å². The lowest BCUT2D eigenvalue weighted by atomic mass is 10.3. The fourth-order valence-electron chi connectivity index (χ4n) is 1.58. The Balaban J connectivity index is 2.08. The molecule has 1 aromatic carbocycles. The highest BCUT2D eigenvalue weighted by atomic mass is 35.5. The lowest BCUT2D eigenvalue weighted by Gasteiger charge is -2.09. The van der Waals surface area contributed by atoms with Crippen molar-refractivity contribution in [1.82, 2.24) is 9.78 Å². The van der Waals surface area contributed by atoms with Crippen molar-refractivity contribution in [2.24, 2.45) is 0 Å². The summed E-state index contributed by atoms with van der Waals surface area (Å²) in [6.45, 7) is 5.92. The number of nitrogens with zero attached hydrogens (tertiary/aromatic N) is 2. The minimum Gasteiger partial charge on any atom is -0.461 e. The van der Waals surface area contributed by atoms with Crippen molar-refractivity contribution in [3.63, 3.8) is 0 Å². The van der Waals surface area contributed by atoms with Gasteiger partial charge in [-0.3, -0.25) is 0 Å². The molecule has 104 valence electrons. The van der Waals surface area contributed by atoms with Crippen molar-refractivity contribution in [2.45, 2.75) is 6.92 Å². The maximum Gasteiger partial charge on any atom is 0.358 e. The molecule has 0 saturated carbocycles. The van der Waals surface area contributed by atoms with Gasteiger partial charge in [-0.05, 0) is 31.2 Å². The molecule has 1 heterocycles. The zero-order valence-electron chi connectivity index (χ0n) is 11.0. The van der Waals surface area contributed by atoms with Crippen molar-refractivity contribution in [1.29, 1.82) is 0 Å². The van der Waals surface area contributed by atoms with E-state index in [-0.39, 0.29) is 5.69 Å². The molecule has 0 amide bonds. The molecule has 2 aromatic rings. The number of carbonyl (C=O) groups excluding carboxylic acids is 1. The Hall–Kier alpha value is -2.27. The first-order chi connectivity index (χ1) is 9.60. The summed E-state index contributed by atoms with van der Waals surface area (Å²) >= 11 is 5.90. The van der Waals surface area contributed by atoms with Crippen molar-refractivity contribution in [3.8, 4) is 0 Å². The van der Waals surface area contributed by atoms with Gasteiger partial charge in [0.05, 0.1) is 6.61 Å². The molecule has 1 aromatic heterocycles. The molecule has 0 radical (unpaired) electrons. The summed E-state index contributed by atoms with van der Waals surface area (Å²) in [7, 11) is 0. The Labute approximate surface area is 121 Å². The zero-order valence-corrected chi connectivity index (χ0v) is 11.7. The number of hydrogen-bond acceptors (Lipinski definition) is 4. The summed E-state index contributed by atoms with van der Waals surface area (Å²) in [5.74, 6) is 0.0459. The molecule has 0 aliphatic heterocycles. The molecule has 0 spiro atoms. The van der Waals surface area contributed by atoms with Gasteiger partial charge < -0.3 is 10.1 Å². The Morgan fingerprint density at radius 3 is 3.00 bits per heavy atom. The second-order valence-electron chi connectivity index (χ2n) is 3.95. The SMILES string of the molecule is C=C(Nc1cccc(Cl)c1)n1ccc(C(=O)OCC)n1. The van der Waals surface area contributed by atoms with Crippen LogP contribution in [-0.4, -0.2) is 22.4 Å². The van der Waals surface area contributed by atoms with Gasteiger partial charge in [-0.15, -0.1) is 0 Å². The molecule has 0 aliphatic rings. The van der Waals surface area contributed by atoms with E-state index in [2.05, 4.69) is 17.0 Å². The number of benzene rings is 1. The second-order valence-corrected chi connectivity index (χ2v) is 4.38. The summed E-state index contributed by atoms with van der Waals surface area (Å²) in [6.07, 6.45) is 1.63. The third kappa shape index (κ3) is 3.39. The van der Waals surface area contributed by atoms with Crippen molar-refractivity contribution >= 4 is 29.1 Å². The molecule has 0 atom stereocenters. The average molecular weight is 292 g/mol. The predicted molar refractivity (Wildman–Crippen MR) is 78.6 cm³/mol. The number of esters is 1. The number of nitrogens with one attached hydrogen (secondary N) is 1. The van der Waals surface area contributed by atoms with Gasteiger partial charge in [0.25, 0.3) is 0 Å². The van der Waals surface area contributed by atoms with Crippen LogP contribution < -0.4 is 5.32 Å². The van der Waals surface area contributed by atoms with Crippen LogP contribution in [0.1, 0.15) is 17.4 Å². The number of carbonyl (C=O) groups is 1. The Morgan fingerprint density at radius 2 is 2.30 bits per heavy atom. The molecule has 0 aliphatic carbocycles. The van der Waals surface area contributed by atoms with Gasteiger partial charge in [-0.25, -0.2) is 9.48 Å². The van der Waals surface area contributed by atoms with E-state index in [1.54, 1.807) is 31.3 Å². The summed E-state index contributed by atoms with van der Waals surface area (Å²) in [6, 6.07) is 8.80. The maximum atomic E-state index is 11.5. The normalized spacial score (nSPS) is 10.1. The summed E-state index contributed by atoms with van der Waals surface area (Å²) < 4.78 is 6.34. The summed E-state index contributed by atoms with van der Waals surface area (Å²) in [5.41, 5.74) is 1.02. The second kappa shape index (κ2) is 6.25. The Morgan fingerprint density at radius 1 is 1.50 bits per heavy atom. The van der Waals surface area contributed by atoms with Gasteiger partial charge in [0.2, 0.25) is 0 Å². The Bertz CT molecular complexity index is 637. The highest BCUT2D eigenvalue weighted by molar-refractivity contribution is 6.30. The topological polar surface area (TPSA) is 56.2 Å². The van der Waals surface area contributed by atoms with E-state index in [4.69, 9.17) is 16.3 Å². The van der Waals surface area contributed by atoms with Crippen LogP contribution in [0.4, 0.5) is 5.69 Å². The number of hydrogen-bond donors (Lipinski definition) is 1. The van der Waals surface area contributed by atoms with Gasteiger partial charge in [0.15, 0.2) is 5.69 Å². The number of halogens is 1. The molecular formula is C14H14ClN3O2. The minimum atomic E-state index is -0.457. The average Bonchev–Trinajstić information content (AvgIpc) is 2.88. The summed E-state index contributed by atoms with van der Waals surface area (Å²) in [5, 5.41) is 7.77. The van der Waals surface area contributed by atoms with Crippen LogP contribution in [0.3, 0.4) is 0 Å². The van der Waals surface area contributed by atoms with Crippen LogP contribution >= 0.6 is 11.6 Å². The van der Waals surface area contributed by atoms with Gasteiger partial charge >= 0.3 is 5.97 Å². The van der Waals surface area contributed by atoms with E-state index in [0.717, 1.165) is 5.69 Å². The van der Waals surface area contributed by atoms with E-state index < -0.39 is 5.97 Å². The van der Waals surface area contributed by atoms with Crippen LogP contribution in [0.15, 0.2) is 43.1 Å². The highest BCUT2D eigenvalue weighted by Crippen LogP contribution is 2.17. The van der Waals surface area contributed by atoms with Gasteiger partial charge in [0.1, 0.15) is 5.82 Å². The van der Waals surface area contributed by atoms with Crippen LogP contribution in [0.25, 0.3) is 5.82 Å². The van der Waals surface area contributed by atoms with E-state index in [9.17, 15) is 4.79 Å². The number of aromatic nitrogens is 2. The molecule has 20 heavy (non-hydrogen) atoms. The monoisotopic (exact) mass is 291 g/mol. The van der Waals surface area contributed by atoms with Crippen LogP contribution in [-0.2, 0) is 4.74 Å². The third-order valence-corrected chi connectivity index (χ3v) is 2.70. The fraction of sp³-hybridized carbons (Fsp3) is 0.143. The molecule has 1 N–H and O–H groups in total. The maximum absolute atomic E-state index is 11.5. The number of rotatable bonds is 5. The van der Waals surface area contributed by atoms with E-state index in [1.165, 1.54) is 4.68 Å². The van der Waals surface area contributed by atoms with Crippen LogP contribution in [0.5, 0.6) is 0 Å². The third-order valence-electron chi connectivity index (χ3n) is 2.46. The molecule has 2 rings (SSSR count). The van der Waals surface area contributed by atoms with Gasteiger partial charge in [-0.2, -0.15) is 5.10 Å². The van der Waals surface area contributed by atoms with E-state index in [1.807, 2.05) is 12.1 Å². The molecule has 0 bridgehead atoms. The summed E-state index contributed by atoms with van der Waals surface area (Å²) in [4.78, 5) is 11.5. The molecule has 5 nitrogen and oxygen atoms in total. The first kappa shape index (κ1) is 14.1. The Kier molecular flexibility index (Phi) is 4.42. The highest BCUT2D eigenvalue weighted by Gasteiger charge is 2.11. The lowest BCUT2D eigenvalue weighted by Crippen LogP contribution is -2.09. The van der Waals surface area contributed by atoms with Crippen molar-refractivity contribution in [3.05, 3.63) is 53.8 Å². The standard InChI is InChI=1S/C14H14ClN3O2/c1-3-20-14(19)13-7-8-18(17-13)10(2)16-12-6-4-5-11(15)9-12/h4-9,16H,2-3H2,1H3. The molecule has 0 fully saturated rings. The van der Waals surface area contributed by atoms with E-state index >= 15 is 0 Å². The molecule has 6 heteroatoms. The first-order valence-electron chi connectivity index (χ1n) is 6.05. The largest absolute Gasteiger partial charge is 0.461 e. The predicted octanol–water partition coefficient (Wildman–Crippen LogP) is 3.25. The number of anilines is 1. The van der Waals surface area contributed by atoms with Crippen LogP contribution in [0.2, 0.25) is 5.02 Å². The zero-order chi connectivity index (χ0) is 14.5. The molecular weight excluding hydrogens is 278 g/mol. The first-order valence-corrected chi connectivity index (χ1v) is 6.42. The van der Waals surface area contributed by atoms with Crippen molar-refractivity contribution < 1.29 is 9.53 Å². The lowest BCUT2D eigenvalue weighted by molar-refractivity contribution is 0.0519. The van der Waals surface area contributed by atoms with Crippen LogP contribution in [0, 0.1) is 0 Å². The number of ether oxygens (including phenoxy) is 1. The van der Waals surface area contributed by atoms with Crippen molar-refractivity contribution in [2.75, 3.05) is 11.9 Å². The smallest absolute Gasteiger partial charge is 0.358 e. The van der Waals surface area contributed by atoms with Gasteiger partial charge in [-0.1, -0.05) is 24.2 Å². The van der Waals surface area contributed by atoms with Gasteiger partial charge in [0, 0.05) is 16.9 Å². The molecule has 0 saturated heterocycles. The quantitative estimate of drug-likeness (QED) is 0.859. The fourth-order valence-corrected chi connectivity index (χ4v) is 1.77.